The molecule has 0 bridgehead atoms. The predicted octanol–water partition coefficient (Wildman–Crippen LogP) is 3.41. The summed E-state index contributed by atoms with van der Waals surface area (Å²) < 4.78 is 24.2. The summed E-state index contributed by atoms with van der Waals surface area (Å²) in [5, 5.41) is 16.7. The minimum Gasteiger partial charge on any atom is -0.473 e. The minimum absolute atomic E-state index is 0.162. The molecule has 0 aliphatic heterocycles. The molecule has 1 aromatic carbocycles. The van der Waals surface area contributed by atoms with Gasteiger partial charge in [-0.1, -0.05) is 5.16 Å². The van der Waals surface area contributed by atoms with Gasteiger partial charge in [0.25, 0.3) is 5.91 Å². The number of pyridine rings is 1. The fourth-order valence-electron chi connectivity index (χ4n) is 3.50. The molecule has 8 heteroatoms. The standard InChI is InChI=1S/C22H22FN3O4/c1-13-17(21(26-30-13)14-5-8-16(23)9-6-14)12-29-20-10-7-15(11-24-20)22(28)25-18-3-2-4-19(18)27/h5-11,18-19,27H,2-4,12H2,1H3,(H,25,28)/t18-,19+/m1/s1. The Morgan fingerprint density at radius 3 is 2.73 bits per heavy atom. The second-order valence-electron chi connectivity index (χ2n) is 7.32. The van der Waals surface area contributed by atoms with Crippen molar-refractivity contribution in [2.45, 2.75) is 44.9 Å². The number of nitrogens with one attached hydrogen (secondary N) is 1. The Kier molecular flexibility index (Phi) is 5.76. The summed E-state index contributed by atoms with van der Waals surface area (Å²) in [4.78, 5) is 16.5. The van der Waals surface area contributed by atoms with Gasteiger partial charge in [0, 0.05) is 17.8 Å². The number of halogens is 1. The summed E-state index contributed by atoms with van der Waals surface area (Å²) in [6.07, 6.45) is 3.33. The summed E-state index contributed by atoms with van der Waals surface area (Å²) in [7, 11) is 0. The fraction of sp³-hybridized carbons (Fsp3) is 0.318. The zero-order chi connectivity index (χ0) is 21.1. The van der Waals surface area contributed by atoms with Crippen LogP contribution in [0.5, 0.6) is 5.88 Å². The number of ether oxygens (including phenoxy) is 1. The molecule has 0 radical (unpaired) electrons. The first-order valence-corrected chi connectivity index (χ1v) is 9.80. The van der Waals surface area contributed by atoms with E-state index in [0.29, 0.717) is 29.3 Å². The Labute approximate surface area is 172 Å². The first kappa shape index (κ1) is 20.0. The van der Waals surface area contributed by atoms with Crippen molar-refractivity contribution in [2.75, 3.05) is 0 Å². The van der Waals surface area contributed by atoms with Gasteiger partial charge in [-0.05, 0) is 56.5 Å². The Morgan fingerprint density at radius 1 is 1.27 bits per heavy atom. The Bertz CT molecular complexity index is 1020. The van der Waals surface area contributed by atoms with Gasteiger partial charge in [-0.2, -0.15) is 0 Å². The van der Waals surface area contributed by atoms with Crippen molar-refractivity contribution < 1.29 is 23.6 Å². The van der Waals surface area contributed by atoms with Crippen molar-refractivity contribution >= 4 is 5.91 Å². The van der Waals surface area contributed by atoms with Gasteiger partial charge in [0.2, 0.25) is 5.88 Å². The number of carbonyl (C=O) groups excluding carboxylic acids is 1. The van der Waals surface area contributed by atoms with E-state index in [9.17, 15) is 14.3 Å². The van der Waals surface area contributed by atoms with Gasteiger partial charge in [-0.15, -0.1) is 0 Å². The Hall–Kier alpha value is -3.26. The largest absolute Gasteiger partial charge is 0.473 e. The van der Waals surface area contributed by atoms with Crippen molar-refractivity contribution in [3.63, 3.8) is 0 Å². The lowest BCUT2D eigenvalue weighted by molar-refractivity contribution is 0.0873. The van der Waals surface area contributed by atoms with Crippen LogP contribution < -0.4 is 10.1 Å². The number of hydrogen-bond acceptors (Lipinski definition) is 6. The van der Waals surface area contributed by atoms with E-state index < -0.39 is 6.10 Å². The normalized spacial score (nSPS) is 18.4. The maximum absolute atomic E-state index is 13.2. The quantitative estimate of drug-likeness (QED) is 0.645. The molecule has 1 aliphatic rings. The SMILES string of the molecule is Cc1onc(-c2ccc(F)cc2)c1COc1ccc(C(=O)N[C@@H]2CCC[C@@H]2O)cn1. The van der Waals surface area contributed by atoms with Gasteiger partial charge in [0.05, 0.1) is 23.3 Å². The first-order chi connectivity index (χ1) is 14.5. The summed E-state index contributed by atoms with van der Waals surface area (Å²) >= 11 is 0. The first-order valence-electron chi connectivity index (χ1n) is 9.80. The summed E-state index contributed by atoms with van der Waals surface area (Å²) in [6, 6.07) is 9.00. The number of amides is 1. The minimum atomic E-state index is -0.494. The summed E-state index contributed by atoms with van der Waals surface area (Å²) in [6.45, 7) is 1.94. The molecule has 7 nitrogen and oxygen atoms in total. The maximum atomic E-state index is 13.2. The number of aromatic nitrogens is 2. The van der Waals surface area contributed by atoms with Crippen LogP contribution in [0.4, 0.5) is 4.39 Å². The third-order valence-electron chi connectivity index (χ3n) is 5.26. The Morgan fingerprint density at radius 2 is 2.07 bits per heavy atom. The van der Waals surface area contributed by atoms with Crippen molar-refractivity contribution in [1.29, 1.82) is 0 Å². The molecular formula is C22H22FN3O4. The highest BCUT2D eigenvalue weighted by Gasteiger charge is 2.27. The van der Waals surface area contributed by atoms with Crippen LogP contribution in [0.15, 0.2) is 47.1 Å². The summed E-state index contributed by atoms with van der Waals surface area (Å²) in [5.41, 5.74) is 2.44. The lowest BCUT2D eigenvalue weighted by atomic mass is 10.1. The average molecular weight is 411 g/mol. The van der Waals surface area contributed by atoms with E-state index in [1.54, 1.807) is 31.2 Å². The number of benzene rings is 1. The third-order valence-corrected chi connectivity index (χ3v) is 5.26. The lowest BCUT2D eigenvalue weighted by Gasteiger charge is -2.16. The predicted molar refractivity (Wildman–Crippen MR) is 106 cm³/mol. The van der Waals surface area contributed by atoms with E-state index in [-0.39, 0.29) is 24.4 Å². The van der Waals surface area contributed by atoms with Crippen LogP contribution in [0.25, 0.3) is 11.3 Å². The van der Waals surface area contributed by atoms with Crippen LogP contribution in [-0.4, -0.2) is 33.3 Å². The van der Waals surface area contributed by atoms with E-state index in [1.807, 2.05) is 0 Å². The molecule has 3 aromatic rings. The molecule has 1 aliphatic carbocycles. The van der Waals surface area contributed by atoms with Crippen molar-refractivity contribution in [3.8, 4) is 17.1 Å². The third kappa shape index (κ3) is 4.33. The number of rotatable bonds is 6. The molecule has 2 aromatic heterocycles. The van der Waals surface area contributed by atoms with Crippen molar-refractivity contribution in [3.05, 3.63) is 65.3 Å². The average Bonchev–Trinajstić information content (AvgIpc) is 3.32. The smallest absolute Gasteiger partial charge is 0.253 e. The molecule has 30 heavy (non-hydrogen) atoms. The van der Waals surface area contributed by atoms with Crippen LogP contribution in [0.1, 0.15) is 40.9 Å². The number of aliphatic hydroxyl groups excluding tert-OH is 1. The monoisotopic (exact) mass is 411 g/mol. The number of hydrogen-bond donors (Lipinski definition) is 2. The molecule has 1 fully saturated rings. The topological polar surface area (TPSA) is 97.5 Å². The highest BCUT2D eigenvalue weighted by Crippen LogP contribution is 2.26. The van der Waals surface area contributed by atoms with E-state index >= 15 is 0 Å². The van der Waals surface area contributed by atoms with E-state index in [1.165, 1.54) is 18.3 Å². The highest BCUT2D eigenvalue weighted by molar-refractivity contribution is 5.94. The number of carbonyl (C=O) groups is 1. The zero-order valence-electron chi connectivity index (χ0n) is 16.5. The molecule has 0 saturated heterocycles. The number of nitrogens with zero attached hydrogens (tertiary/aromatic N) is 2. The number of aryl methyl sites for hydroxylation is 1. The number of aliphatic hydroxyl groups is 1. The zero-order valence-corrected chi connectivity index (χ0v) is 16.5. The lowest BCUT2D eigenvalue weighted by Crippen LogP contribution is -2.39. The molecular weight excluding hydrogens is 389 g/mol. The maximum Gasteiger partial charge on any atom is 0.253 e. The molecule has 2 atom stereocenters. The summed E-state index contributed by atoms with van der Waals surface area (Å²) in [5.74, 6) is 0.347. The molecule has 2 heterocycles. The van der Waals surface area contributed by atoms with Crippen LogP contribution in [0.2, 0.25) is 0 Å². The van der Waals surface area contributed by atoms with Gasteiger partial charge in [-0.25, -0.2) is 9.37 Å². The van der Waals surface area contributed by atoms with Crippen molar-refractivity contribution in [2.24, 2.45) is 0 Å². The second kappa shape index (κ2) is 8.62. The molecule has 2 N–H and O–H groups in total. The van der Waals surface area contributed by atoms with E-state index in [0.717, 1.165) is 24.0 Å². The van der Waals surface area contributed by atoms with Crippen molar-refractivity contribution in [1.82, 2.24) is 15.5 Å². The van der Waals surface area contributed by atoms with Crippen LogP contribution >= 0.6 is 0 Å². The molecule has 1 amide bonds. The fourth-order valence-corrected chi connectivity index (χ4v) is 3.50. The molecule has 4 rings (SSSR count). The molecule has 0 spiro atoms. The van der Waals surface area contributed by atoms with E-state index in [4.69, 9.17) is 9.26 Å². The van der Waals surface area contributed by atoms with Crippen LogP contribution in [0, 0.1) is 12.7 Å². The van der Waals surface area contributed by atoms with Gasteiger partial charge in [-0.3, -0.25) is 4.79 Å². The van der Waals surface area contributed by atoms with Crippen LogP contribution in [-0.2, 0) is 6.61 Å². The second-order valence-corrected chi connectivity index (χ2v) is 7.32. The highest BCUT2D eigenvalue weighted by atomic mass is 19.1. The van der Waals surface area contributed by atoms with Gasteiger partial charge in [0.15, 0.2) is 0 Å². The van der Waals surface area contributed by atoms with Gasteiger partial charge in [0.1, 0.15) is 23.9 Å². The molecule has 156 valence electrons. The molecule has 1 saturated carbocycles. The van der Waals surface area contributed by atoms with Gasteiger partial charge >= 0.3 is 0 Å². The molecule has 0 unspecified atom stereocenters. The van der Waals surface area contributed by atoms with E-state index in [2.05, 4.69) is 15.5 Å². The van der Waals surface area contributed by atoms with Crippen LogP contribution in [0.3, 0.4) is 0 Å². The Balaban J connectivity index is 1.41. The van der Waals surface area contributed by atoms with Gasteiger partial charge < -0.3 is 19.7 Å².